The number of fused-ring (bicyclic) bond motifs is 1. The number of ether oxygens (including phenoxy) is 3. The molecular formula is C16H17ClN2O6. The van der Waals surface area contributed by atoms with Gasteiger partial charge in [0.05, 0.1) is 11.4 Å². The largest absolute Gasteiger partial charge is 0.486 e. The Morgan fingerprint density at radius 1 is 1.36 bits per heavy atom. The van der Waals surface area contributed by atoms with Crippen LogP contribution in [0.3, 0.4) is 0 Å². The summed E-state index contributed by atoms with van der Waals surface area (Å²) >= 11 is 6.13. The second kappa shape index (κ2) is 7.18. The van der Waals surface area contributed by atoms with Crippen LogP contribution < -0.4 is 14.8 Å². The van der Waals surface area contributed by atoms with E-state index in [1.165, 1.54) is 6.92 Å². The van der Waals surface area contributed by atoms with Crippen LogP contribution in [0, 0.1) is 0 Å². The lowest BCUT2D eigenvalue weighted by atomic mass is 10.1. The van der Waals surface area contributed by atoms with Crippen molar-refractivity contribution in [3.8, 4) is 11.5 Å². The van der Waals surface area contributed by atoms with Gasteiger partial charge in [0.1, 0.15) is 13.2 Å². The topological polar surface area (TPSA) is 94.2 Å². The van der Waals surface area contributed by atoms with Gasteiger partial charge in [0.15, 0.2) is 17.6 Å². The normalized spacial score (nSPS) is 17.0. The van der Waals surface area contributed by atoms with Gasteiger partial charge >= 0.3 is 12.0 Å². The Morgan fingerprint density at radius 3 is 2.84 bits per heavy atom. The average molecular weight is 369 g/mol. The number of rotatable bonds is 4. The summed E-state index contributed by atoms with van der Waals surface area (Å²) in [6.45, 7) is 2.90. The molecule has 2 aliphatic heterocycles. The van der Waals surface area contributed by atoms with Crippen LogP contribution in [0.1, 0.15) is 12.5 Å². The van der Waals surface area contributed by atoms with Gasteiger partial charge in [0, 0.05) is 13.1 Å². The number of carbonyl (C=O) groups is 3. The Kier molecular flexibility index (Phi) is 4.98. The number of benzene rings is 1. The van der Waals surface area contributed by atoms with Gasteiger partial charge in [-0.2, -0.15) is 0 Å². The zero-order chi connectivity index (χ0) is 18.0. The van der Waals surface area contributed by atoms with E-state index < -0.39 is 24.0 Å². The third kappa shape index (κ3) is 3.79. The molecule has 25 heavy (non-hydrogen) atoms. The van der Waals surface area contributed by atoms with Crippen molar-refractivity contribution < 1.29 is 28.6 Å². The molecule has 0 unspecified atom stereocenters. The van der Waals surface area contributed by atoms with Crippen LogP contribution in [0.25, 0.3) is 0 Å². The molecule has 3 amide bonds. The van der Waals surface area contributed by atoms with Crippen molar-refractivity contribution in [2.45, 2.75) is 19.4 Å². The molecule has 1 aromatic carbocycles. The Bertz CT molecular complexity index is 723. The van der Waals surface area contributed by atoms with Crippen molar-refractivity contribution in [1.29, 1.82) is 0 Å². The maximum atomic E-state index is 12.1. The van der Waals surface area contributed by atoms with Gasteiger partial charge in [-0.1, -0.05) is 11.6 Å². The summed E-state index contributed by atoms with van der Waals surface area (Å²) in [7, 11) is 0. The molecule has 1 atom stereocenters. The number of nitrogens with one attached hydrogen (secondary N) is 1. The van der Waals surface area contributed by atoms with E-state index in [9.17, 15) is 14.4 Å². The van der Waals surface area contributed by atoms with Crippen LogP contribution in [-0.2, 0) is 20.7 Å². The summed E-state index contributed by atoms with van der Waals surface area (Å²) in [6.07, 6.45) is -1.13. The number of urea groups is 1. The number of carbonyl (C=O) groups excluding carboxylic acids is 3. The molecule has 9 heteroatoms. The van der Waals surface area contributed by atoms with Crippen LogP contribution >= 0.6 is 11.6 Å². The van der Waals surface area contributed by atoms with Crippen molar-refractivity contribution in [2.24, 2.45) is 0 Å². The van der Waals surface area contributed by atoms with Crippen LogP contribution in [0.5, 0.6) is 11.5 Å². The van der Waals surface area contributed by atoms with Gasteiger partial charge in [-0.3, -0.25) is 14.5 Å². The minimum Gasteiger partial charge on any atom is -0.486 e. The van der Waals surface area contributed by atoms with E-state index >= 15 is 0 Å². The zero-order valence-corrected chi connectivity index (χ0v) is 14.3. The molecule has 0 spiro atoms. The minimum absolute atomic E-state index is 0.0832. The summed E-state index contributed by atoms with van der Waals surface area (Å²) in [5, 5.41) is 2.86. The highest BCUT2D eigenvalue weighted by Crippen LogP contribution is 2.38. The maximum Gasteiger partial charge on any atom is 0.324 e. The highest BCUT2D eigenvalue weighted by atomic mass is 35.5. The summed E-state index contributed by atoms with van der Waals surface area (Å²) in [4.78, 5) is 36.7. The Morgan fingerprint density at radius 2 is 2.12 bits per heavy atom. The fourth-order valence-corrected chi connectivity index (χ4v) is 2.91. The number of hydrogen-bond acceptors (Lipinski definition) is 6. The Hall–Kier alpha value is -2.48. The third-order valence-corrected chi connectivity index (χ3v) is 4.06. The standard InChI is InChI=1S/C16H17ClN2O6/c1-9(15(21)19-3-2-18-16(19)22)25-13(20)8-10-6-11(17)14-12(7-10)23-4-5-24-14/h6-7,9H,2-5,8H2,1H3,(H,18,22)/t9-/m1/s1. The van der Waals surface area contributed by atoms with Crippen molar-refractivity contribution in [2.75, 3.05) is 26.3 Å². The second-order valence-corrected chi connectivity index (χ2v) is 6.04. The Labute approximate surface area is 149 Å². The first-order valence-electron chi connectivity index (χ1n) is 7.82. The molecule has 134 valence electrons. The molecular weight excluding hydrogens is 352 g/mol. The lowest BCUT2D eigenvalue weighted by Crippen LogP contribution is -2.42. The molecule has 1 aromatic rings. The molecule has 0 aromatic heterocycles. The molecule has 0 aliphatic carbocycles. The fraction of sp³-hybridized carbons (Fsp3) is 0.438. The van der Waals surface area contributed by atoms with Gasteiger partial charge in [-0.05, 0) is 24.6 Å². The maximum absolute atomic E-state index is 12.1. The fourth-order valence-electron chi connectivity index (χ4n) is 2.62. The second-order valence-electron chi connectivity index (χ2n) is 5.63. The van der Waals surface area contributed by atoms with E-state index in [2.05, 4.69) is 5.32 Å². The molecule has 3 rings (SSSR count). The summed E-state index contributed by atoms with van der Waals surface area (Å²) < 4.78 is 16.0. The predicted molar refractivity (Wildman–Crippen MR) is 86.8 cm³/mol. The van der Waals surface area contributed by atoms with Crippen molar-refractivity contribution in [3.05, 3.63) is 22.7 Å². The molecule has 0 bridgehead atoms. The van der Waals surface area contributed by atoms with Crippen LogP contribution in [0.15, 0.2) is 12.1 Å². The van der Waals surface area contributed by atoms with Gasteiger partial charge in [0.2, 0.25) is 0 Å². The predicted octanol–water partition coefficient (Wildman–Crippen LogP) is 1.14. The Balaban J connectivity index is 1.61. The molecule has 2 aliphatic rings. The SMILES string of the molecule is C[C@@H](OC(=O)Cc1cc(Cl)c2c(c1)OCCO2)C(=O)N1CCNC1=O. The molecule has 2 heterocycles. The summed E-state index contributed by atoms with van der Waals surface area (Å²) in [5.74, 6) is -0.232. The smallest absolute Gasteiger partial charge is 0.324 e. The van der Waals surface area contributed by atoms with Crippen molar-refractivity contribution in [3.63, 3.8) is 0 Å². The molecule has 1 saturated heterocycles. The van der Waals surface area contributed by atoms with Crippen LogP contribution in [-0.4, -0.2) is 55.2 Å². The number of esters is 1. The van der Waals surface area contributed by atoms with E-state index in [-0.39, 0.29) is 13.0 Å². The number of hydrogen-bond donors (Lipinski definition) is 1. The van der Waals surface area contributed by atoms with E-state index in [4.69, 9.17) is 25.8 Å². The van der Waals surface area contributed by atoms with Gasteiger partial charge < -0.3 is 19.5 Å². The van der Waals surface area contributed by atoms with Crippen LogP contribution in [0.4, 0.5) is 4.79 Å². The van der Waals surface area contributed by atoms with Gasteiger partial charge in [-0.25, -0.2) is 4.79 Å². The quantitative estimate of drug-likeness (QED) is 0.801. The monoisotopic (exact) mass is 368 g/mol. The lowest BCUT2D eigenvalue weighted by molar-refractivity contribution is -0.156. The minimum atomic E-state index is -1.05. The first-order chi connectivity index (χ1) is 12.0. The molecule has 0 radical (unpaired) electrons. The van der Waals surface area contributed by atoms with Gasteiger partial charge in [0.25, 0.3) is 5.91 Å². The summed E-state index contributed by atoms with van der Waals surface area (Å²) in [6, 6.07) is 2.77. The van der Waals surface area contributed by atoms with Crippen molar-refractivity contribution in [1.82, 2.24) is 10.2 Å². The number of amides is 3. The van der Waals surface area contributed by atoms with E-state index in [0.717, 1.165) is 4.90 Å². The number of halogens is 1. The van der Waals surface area contributed by atoms with Crippen LogP contribution in [0.2, 0.25) is 5.02 Å². The summed E-state index contributed by atoms with van der Waals surface area (Å²) in [5.41, 5.74) is 0.581. The molecule has 8 nitrogen and oxygen atoms in total. The van der Waals surface area contributed by atoms with Crippen molar-refractivity contribution >= 4 is 29.5 Å². The molecule has 0 saturated carbocycles. The molecule has 1 N–H and O–H groups in total. The average Bonchev–Trinajstić information content (AvgIpc) is 3.00. The number of nitrogens with zero attached hydrogens (tertiary/aromatic N) is 1. The third-order valence-electron chi connectivity index (χ3n) is 3.78. The highest BCUT2D eigenvalue weighted by molar-refractivity contribution is 6.32. The van der Waals surface area contributed by atoms with E-state index in [1.807, 2.05) is 0 Å². The zero-order valence-electron chi connectivity index (χ0n) is 13.5. The first-order valence-corrected chi connectivity index (χ1v) is 8.20. The molecule has 1 fully saturated rings. The van der Waals surface area contributed by atoms with E-state index in [1.54, 1.807) is 12.1 Å². The first kappa shape index (κ1) is 17.3. The highest BCUT2D eigenvalue weighted by Gasteiger charge is 2.31. The lowest BCUT2D eigenvalue weighted by Gasteiger charge is -2.20. The van der Waals surface area contributed by atoms with E-state index in [0.29, 0.717) is 41.8 Å². The number of imide groups is 1. The van der Waals surface area contributed by atoms with Gasteiger partial charge in [-0.15, -0.1) is 0 Å².